The SMILES string of the molecule is NC1(CC(=O)OCc2ccccc2)CCC1. The highest BCUT2D eigenvalue weighted by Gasteiger charge is 2.35. The van der Waals surface area contributed by atoms with E-state index in [0.717, 1.165) is 24.8 Å². The van der Waals surface area contributed by atoms with Gasteiger partial charge in [0.25, 0.3) is 0 Å². The summed E-state index contributed by atoms with van der Waals surface area (Å²) in [5, 5.41) is 0. The van der Waals surface area contributed by atoms with Crippen molar-refractivity contribution in [1.29, 1.82) is 0 Å². The van der Waals surface area contributed by atoms with E-state index in [9.17, 15) is 4.79 Å². The number of benzene rings is 1. The standard InChI is InChI=1S/C13H17NO2/c14-13(7-4-8-13)9-12(15)16-10-11-5-2-1-3-6-11/h1-3,5-6H,4,7-10,14H2. The summed E-state index contributed by atoms with van der Waals surface area (Å²) in [5.41, 5.74) is 6.70. The van der Waals surface area contributed by atoms with Crippen molar-refractivity contribution < 1.29 is 9.53 Å². The van der Waals surface area contributed by atoms with E-state index in [0.29, 0.717) is 13.0 Å². The molecule has 16 heavy (non-hydrogen) atoms. The molecule has 86 valence electrons. The third-order valence-corrected chi connectivity index (χ3v) is 3.09. The Bertz CT molecular complexity index is 357. The Hall–Kier alpha value is -1.35. The lowest BCUT2D eigenvalue weighted by Crippen LogP contribution is -2.48. The van der Waals surface area contributed by atoms with Crippen molar-refractivity contribution in [3.05, 3.63) is 35.9 Å². The van der Waals surface area contributed by atoms with Crippen LogP contribution in [0.5, 0.6) is 0 Å². The van der Waals surface area contributed by atoms with Crippen molar-refractivity contribution in [1.82, 2.24) is 0 Å². The highest BCUT2D eigenvalue weighted by molar-refractivity contribution is 5.71. The number of esters is 1. The van der Waals surface area contributed by atoms with E-state index >= 15 is 0 Å². The van der Waals surface area contributed by atoms with Crippen molar-refractivity contribution in [3.63, 3.8) is 0 Å². The number of rotatable bonds is 4. The van der Waals surface area contributed by atoms with Crippen LogP contribution in [0.1, 0.15) is 31.2 Å². The van der Waals surface area contributed by atoms with Gasteiger partial charge in [-0.1, -0.05) is 30.3 Å². The van der Waals surface area contributed by atoms with Gasteiger partial charge >= 0.3 is 5.97 Å². The summed E-state index contributed by atoms with van der Waals surface area (Å²) in [7, 11) is 0. The zero-order valence-electron chi connectivity index (χ0n) is 9.32. The van der Waals surface area contributed by atoms with Crippen molar-refractivity contribution in [2.24, 2.45) is 5.73 Å². The molecule has 0 radical (unpaired) electrons. The van der Waals surface area contributed by atoms with Crippen molar-refractivity contribution >= 4 is 5.97 Å². The fourth-order valence-electron chi connectivity index (χ4n) is 1.88. The van der Waals surface area contributed by atoms with Crippen molar-refractivity contribution in [2.75, 3.05) is 0 Å². The molecule has 1 aliphatic carbocycles. The van der Waals surface area contributed by atoms with Crippen LogP contribution in [0.2, 0.25) is 0 Å². The van der Waals surface area contributed by atoms with Gasteiger partial charge in [0.2, 0.25) is 0 Å². The van der Waals surface area contributed by atoms with Gasteiger partial charge in [-0.2, -0.15) is 0 Å². The molecule has 3 nitrogen and oxygen atoms in total. The molecule has 1 saturated carbocycles. The lowest BCUT2D eigenvalue weighted by molar-refractivity contribution is -0.147. The van der Waals surface area contributed by atoms with Crippen LogP contribution >= 0.6 is 0 Å². The Morgan fingerprint density at radius 3 is 2.56 bits per heavy atom. The number of hydrogen-bond acceptors (Lipinski definition) is 3. The van der Waals surface area contributed by atoms with E-state index in [-0.39, 0.29) is 11.5 Å². The summed E-state index contributed by atoms with van der Waals surface area (Å²) in [6, 6.07) is 9.68. The molecule has 0 aromatic heterocycles. The van der Waals surface area contributed by atoms with E-state index in [1.54, 1.807) is 0 Å². The Balaban J connectivity index is 1.76. The highest BCUT2D eigenvalue weighted by atomic mass is 16.5. The van der Waals surface area contributed by atoms with Gasteiger partial charge in [-0.15, -0.1) is 0 Å². The molecular formula is C13H17NO2. The molecule has 3 heteroatoms. The largest absolute Gasteiger partial charge is 0.461 e. The summed E-state index contributed by atoms with van der Waals surface area (Å²) < 4.78 is 5.18. The molecule has 2 rings (SSSR count). The van der Waals surface area contributed by atoms with Crippen molar-refractivity contribution in [3.8, 4) is 0 Å². The Morgan fingerprint density at radius 1 is 1.31 bits per heavy atom. The molecule has 0 bridgehead atoms. The third kappa shape index (κ3) is 2.83. The van der Waals surface area contributed by atoms with Gasteiger partial charge in [0.05, 0.1) is 6.42 Å². The first-order valence-electron chi connectivity index (χ1n) is 5.66. The van der Waals surface area contributed by atoms with Gasteiger partial charge in [0, 0.05) is 5.54 Å². The van der Waals surface area contributed by atoms with Gasteiger partial charge in [-0.3, -0.25) is 4.79 Å². The van der Waals surface area contributed by atoms with Crippen LogP contribution < -0.4 is 5.73 Å². The molecule has 0 aliphatic heterocycles. The topological polar surface area (TPSA) is 52.3 Å². The van der Waals surface area contributed by atoms with Crippen LogP contribution in [-0.2, 0) is 16.1 Å². The molecule has 1 aliphatic rings. The number of hydrogen-bond donors (Lipinski definition) is 1. The van der Waals surface area contributed by atoms with Gasteiger partial charge in [0.1, 0.15) is 6.61 Å². The minimum absolute atomic E-state index is 0.189. The minimum Gasteiger partial charge on any atom is -0.461 e. The predicted molar refractivity (Wildman–Crippen MR) is 61.6 cm³/mol. The summed E-state index contributed by atoms with van der Waals surface area (Å²) in [6.07, 6.45) is 3.35. The summed E-state index contributed by atoms with van der Waals surface area (Å²) >= 11 is 0. The molecule has 0 atom stereocenters. The fourth-order valence-corrected chi connectivity index (χ4v) is 1.88. The van der Waals surface area contributed by atoms with Crippen LogP contribution in [0.15, 0.2) is 30.3 Å². The van der Waals surface area contributed by atoms with Crippen LogP contribution in [0, 0.1) is 0 Å². The average Bonchev–Trinajstić information content (AvgIpc) is 2.26. The number of ether oxygens (including phenoxy) is 1. The Kier molecular flexibility index (Phi) is 3.25. The maximum atomic E-state index is 11.5. The molecule has 2 N–H and O–H groups in total. The molecule has 0 amide bonds. The third-order valence-electron chi connectivity index (χ3n) is 3.09. The van der Waals surface area contributed by atoms with Crippen LogP contribution in [0.3, 0.4) is 0 Å². The second kappa shape index (κ2) is 4.66. The first kappa shape index (κ1) is 11.1. The summed E-state index contributed by atoms with van der Waals surface area (Å²) in [4.78, 5) is 11.5. The van der Waals surface area contributed by atoms with Crippen LogP contribution in [0.4, 0.5) is 0 Å². The van der Waals surface area contributed by atoms with E-state index in [1.807, 2.05) is 30.3 Å². The lowest BCUT2D eigenvalue weighted by atomic mass is 9.75. The number of nitrogens with two attached hydrogens (primary N) is 1. The molecule has 1 fully saturated rings. The first-order chi connectivity index (χ1) is 7.68. The van der Waals surface area contributed by atoms with E-state index < -0.39 is 0 Å². The number of carbonyl (C=O) groups excluding carboxylic acids is 1. The Labute approximate surface area is 95.6 Å². The van der Waals surface area contributed by atoms with Crippen molar-refractivity contribution in [2.45, 2.75) is 37.8 Å². The molecule has 0 unspecified atom stereocenters. The molecule has 1 aromatic carbocycles. The number of carbonyl (C=O) groups is 1. The monoisotopic (exact) mass is 219 g/mol. The molecule has 0 heterocycles. The first-order valence-corrected chi connectivity index (χ1v) is 5.66. The zero-order chi connectivity index (χ0) is 11.4. The summed E-state index contributed by atoms with van der Waals surface area (Å²) in [6.45, 7) is 0.343. The zero-order valence-corrected chi connectivity index (χ0v) is 9.32. The molecule has 0 spiro atoms. The van der Waals surface area contributed by atoms with Crippen LogP contribution in [0.25, 0.3) is 0 Å². The van der Waals surface area contributed by atoms with Gasteiger partial charge in [-0.25, -0.2) is 0 Å². The van der Waals surface area contributed by atoms with E-state index in [2.05, 4.69) is 0 Å². The van der Waals surface area contributed by atoms with Gasteiger partial charge < -0.3 is 10.5 Å². The lowest BCUT2D eigenvalue weighted by Gasteiger charge is -2.37. The summed E-state index contributed by atoms with van der Waals surface area (Å²) in [5.74, 6) is -0.189. The maximum absolute atomic E-state index is 11.5. The highest BCUT2D eigenvalue weighted by Crippen LogP contribution is 2.32. The van der Waals surface area contributed by atoms with E-state index in [4.69, 9.17) is 10.5 Å². The predicted octanol–water partition coefficient (Wildman–Crippen LogP) is 2.00. The second-order valence-corrected chi connectivity index (χ2v) is 4.54. The van der Waals surface area contributed by atoms with Gasteiger partial charge in [0.15, 0.2) is 0 Å². The Morgan fingerprint density at radius 2 is 2.00 bits per heavy atom. The normalized spacial score (nSPS) is 17.6. The smallest absolute Gasteiger partial charge is 0.307 e. The maximum Gasteiger partial charge on any atom is 0.307 e. The minimum atomic E-state index is -0.284. The second-order valence-electron chi connectivity index (χ2n) is 4.54. The van der Waals surface area contributed by atoms with Crippen LogP contribution in [-0.4, -0.2) is 11.5 Å². The van der Waals surface area contributed by atoms with E-state index in [1.165, 1.54) is 0 Å². The van der Waals surface area contributed by atoms with Gasteiger partial charge in [-0.05, 0) is 24.8 Å². The molecule has 0 saturated heterocycles. The average molecular weight is 219 g/mol. The molecule has 1 aromatic rings. The fraction of sp³-hybridized carbons (Fsp3) is 0.462. The molecular weight excluding hydrogens is 202 g/mol. The quantitative estimate of drug-likeness (QED) is 0.788.